The van der Waals surface area contributed by atoms with Crippen molar-refractivity contribution in [3.63, 3.8) is 0 Å². The van der Waals surface area contributed by atoms with Gasteiger partial charge in [-0.15, -0.1) is 0 Å². The van der Waals surface area contributed by atoms with E-state index < -0.39 is 0 Å². The number of hydrogen-bond acceptors (Lipinski definition) is 3. The molecule has 19 heavy (non-hydrogen) atoms. The molecule has 0 radical (unpaired) electrons. The molecule has 0 spiro atoms. The lowest BCUT2D eigenvalue weighted by Crippen LogP contribution is -1.96. The zero-order chi connectivity index (χ0) is 13.2. The molecule has 0 unspecified atom stereocenters. The summed E-state index contributed by atoms with van der Waals surface area (Å²) in [6.45, 7) is 0. The number of nitrogens with two attached hydrogens (primary N) is 1. The topological polar surface area (TPSA) is 63.9 Å². The van der Waals surface area contributed by atoms with Crippen molar-refractivity contribution in [3.05, 3.63) is 30.0 Å². The zero-order valence-electron chi connectivity index (χ0n) is 11.1. The maximum Gasteiger partial charge on any atom is 0.153 e. The molecule has 0 bridgehead atoms. The summed E-state index contributed by atoms with van der Waals surface area (Å²) < 4.78 is 5.29. The number of aromatic amines is 1. The number of hydrogen-bond donors (Lipinski definition) is 2. The Bertz CT molecular complexity index is 571. The molecule has 1 aliphatic carbocycles. The molecule has 3 N–H and O–H groups in total. The molecule has 100 valence electrons. The fourth-order valence-corrected chi connectivity index (χ4v) is 2.96. The lowest BCUT2D eigenvalue weighted by molar-refractivity contribution is 0.415. The minimum Gasteiger partial charge on any atom is -0.497 e. The zero-order valence-corrected chi connectivity index (χ0v) is 11.1. The molecule has 1 heterocycles. The van der Waals surface area contributed by atoms with E-state index in [0.29, 0.717) is 11.7 Å². The summed E-state index contributed by atoms with van der Waals surface area (Å²) in [7, 11) is 1.68. The molecule has 1 aliphatic rings. The highest BCUT2D eigenvalue weighted by Crippen LogP contribution is 2.40. The van der Waals surface area contributed by atoms with Gasteiger partial charge in [-0.1, -0.05) is 25.0 Å². The Morgan fingerprint density at radius 3 is 2.84 bits per heavy atom. The molecule has 0 aliphatic heterocycles. The molecule has 1 aromatic carbocycles. The van der Waals surface area contributed by atoms with Crippen molar-refractivity contribution in [1.29, 1.82) is 0 Å². The van der Waals surface area contributed by atoms with Crippen LogP contribution in [0.5, 0.6) is 5.75 Å². The number of methoxy groups -OCH3 is 1. The highest BCUT2D eigenvalue weighted by molar-refractivity contribution is 5.77. The fraction of sp³-hybridized carbons (Fsp3) is 0.400. The number of rotatable bonds is 3. The minimum absolute atomic E-state index is 0.561. The third-order valence-corrected chi connectivity index (χ3v) is 3.94. The van der Waals surface area contributed by atoms with Crippen LogP contribution in [0.2, 0.25) is 0 Å². The first-order valence-corrected chi connectivity index (χ1v) is 6.77. The second-order valence-electron chi connectivity index (χ2n) is 5.11. The molecule has 0 amide bonds. The summed E-state index contributed by atoms with van der Waals surface area (Å²) in [5, 5.41) is 7.34. The van der Waals surface area contributed by atoms with Gasteiger partial charge in [-0.2, -0.15) is 5.10 Å². The molecule has 1 aromatic heterocycles. The molecule has 1 saturated carbocycles. The van der Waals surface area contributed by atoms with E-state index in [-0.39, 0.29) is 0 Å². The first-order chi connectivity index (χ1) is 9.29. The van der Waals surface area contributed by atoms with E-state index >= 15 is 0 Å². The predicted molar refractivity (Wildman–Crippen MR) is 76.2 cm³/mol. The molecule has 0 atom stereocenters. The van der Waals surface area contributed by atoms with Crippen LogP contribution in [0.1, 0.15) is 37.3 Å². The Kier molecular flexibility index (Phi) is 3.15. The number of nitrogens with one attached hydrogen (secondary N) is 1. The van der Waals surface area contributed by atoms with E-state index in [2.05, 4.69) is 16.3 Å². The maximum absolute atomic E-state index is 6.05. The average molecular weight is 257 g/mol. The van der Waals surface area contributed by atoms with Gasteiger partial charge in [0.25, 0.3) is 0 Å². The van der Waals surface area contributed by atoms with Crippen molar-refractivity contribution in [1.82, 2.24) is 10.2 Å². The fourth-order valence-electron chi connectivity index (χ4n) is 2.96. The Morgan fingerprint density at radius 1 is 1.32 bits per heavy atom. The normalized spacial score (nSPS) is 15.8. The largest absolute Gasteiger partial charge is 0.497 e. The standard InChI is InChI=1S/C15H19N3O/c1-19-12-8-4-7-11(9-12)13-14(17-18-15(13)16)10-5-2-3-6-10/h4,7-10H,2-3,5-6H2,1H3,(H3,16,17,18). The van der Waals surface area contributed by atoms with E-state index in [1.165, 1.54) is 31.4 Å². The summed E-state index contributed by atoms with van der Waals surface area (Å²) in [5.74, 6) is 1.98. The van der Waals surface area contributed by atoms with Gasteiger partial charge in [-0.25, -0.2) is 0 Å². The predicted octanol–water partition coefficient (Wildman–Crippen LogP) is 3.33. The monoisotopic (exact) mass is 257 g/mol. The second kappa shape index (κ2) is 4.96. The van der Waals surface area contributed by atoms with Gasteiger partial charge >= 0.3 is 0 Å². The van der Waals surface area contributed by atoms with Crippen molar-refractivity contribution in [3.8, 4) is 16.9 Å². The first-order valence-electron chi connectivity index (χ1n) is 6.77. The third-order valence-electron chi connectivity index (χ3n) is 3.94. The number of ether oxygens (including phenoxy) is 1. The van der Waals surface area contributed by atoms with Crippen LogP contribution in [-0.2, 0) is 0 Å². The van der Waals surface area contributed by atoms with E-state index in [1.807, 2.05) is 18.2 Å². The number of H-pyrrole nitrogens is 1. The summed E-state index contributed by atoms with van der Waals surface area (Å²) in [6.07, 6.45) is 5.03. The Morgan fingerprint density at radius 2 is 2.11 bits per heavy atom. The van der Waals surface area contributed by atoms with Gasteiger partial charge in [0.1, 0.15) is 5.75 Å². The SMILES string of the molecule is COc1cccc(-c2c(N)n[nH]c2C2CCCC2)c1. The van der Waals surface area contributed by atoms with Gasteiger partial charge in [0.05, 0.1) is 7.11 Å². The van der Waals surface area contributed by atoms with Gasteiger partial charge < -0.3 is 10.5 Å². The Balaban J connectivity index is 2.05. The third kappa shape index (κ3) is 2.18. The lowest BCUT2D eigenvalue weighted by Gasteiger charge is -2.11. The van der Waals surface area contributed by atoms with Crippen LogP contribution < -0.4 is 10.5 Å². The van der Waals surface area contributed by atoms with Gasteiger partial charge in [-0.3, -0.25) is 5.10 Å². The van der Waals surface area contributed by atoms with Crippen LogP contribution in [-0.4, -0.2) is 17.3 Å². The van der Waals surface area contributed by atoms with Crippen molar-refractivity contribution in [2.75, 3.05) is 12.8 Å². The molecular weight excluding hydrogens is 238 g/mol. The van der Waals surface area contributed by atoms with Crippen LogP contribution in [0.4, 0.5) is 5.82 Å². The molecule has 4 nitrogen and oxygen atoms in total. The molecule has 2 aromatic rings. The number of benzene rings is 1. The van der Waals surface area contributed by atoms with E-state index in [1.54, 1.807) is 7.11 Å². The summed E-state index contributed by atoms with van der Waals surface area (Å²) in [4.78, 5) is 0. The van der Waals surface area contributed by atoms with E-state index in [9.17, 15) is 0 Å². The highest BCUT2D eigenvalue weighted by Gasteiger charge is 2.24. The summed E-state index contributed by atoms with van der Waals surface area (Å²) in [6, 6.07) is 8.00. The van der Waals surface area contributed by atoms with Crippen molar-refractivity contribution in [2.24, 2.45) is 0 Å². The average Bonchev–Trinajstić information content (AvgIpc) is 3.07. The quantitative estimate of drug-likeness (QED) is 0.886. The van der Waals surface area contributed by atoms with Crippen LogP contribution in [0.25, 0.3) is 11.1 Å². The number of nitrogen functional groups attached to an aromatic ring is 1. The maximum atomic E-state index is 6.05. The summed E-state index contributed by atoms with van der Waals surface area (Å²) >= 11 is 0. The van der Waals surface area contributed by atoms with Crippen LogP contribution >= 0.6 is 0 Å². The first kappa shape index (κ1) is 12.1. The van der Waals surface area contributed by atoms with Gasteiger partial charge in [0.2, 0.25) is 0 Å². The van der Waals surface area contributed by atoms with Crippen molar-refractivity contribution >= 4 is 5.82 Å². The Labute approximate surface area is 113 Å². The molecule has 0 saturated heterocycles. The molecule has 1 fully saturated rings. The Hall–Kier alpha value is -1.97. The molecule has 4 heteroatoms. The summed E-state index contributed by atoms with van der Waals surface area (Å²) in [5.41, 5.74) is 9.36. The second-order valence-corrected chi connectivity index (χ2v) is 5.11. The van der Waals surface area contributed by atoms with Crippen LogP contribution in [0.3, 0.4) is 0 Å². The van der Waals surface area contributed by atoms with Gasteiger partial charge in [-0.05, 0) is 30.5 Å². The lowest BCUT2D eigenvalue weighted by atomic mass is 9.95. The van der Waals surface area contributed by atoms with Gasteiger partial charge in [0.15, 0.2) is 5.82 Å². The van der Waals surface area contributed by atoms with Gasteiger partial charge in [0, 0.05) is 17.2 Å². The van der Waals surface area contributed by atoms with Crippen molar-refractivity contribution in [2.45, 2.75) is 31.6 Å². The van der Waals surface area contributed by atoms with Crippen LogP contribution in [0.15, 0.2) is 24.3 Å². The number of aromatic nitrogens is 2. The van der Waals surface area contributed by atoms with Crippen molar-refractivity contribution < 1.29 is 4.74 Å². The van der Waals surface area contributed by atoms with E-state index in [4.69, 9.17) is 10.5 Å². The number of nitrogens with zero attached hydrogens (tertiary/aromatic N) is 1. The number of anilines is 1. The smallest absolute Gasteiger partial charge is 0.153 e. The molecular formula is C15H19N3O. The minimum atomic E-state index is 0.561. The van der Waals surface area contributed by atoms with Crippen LogP contribution in [0, 0.1) is 0 Å². The molecule has 3 rings (SSSR count). The highest BCUT2D eigenvalue weighted by atomic mass is 16.5. The van der Waals surface area contributed by atoms with E-state index in [0.717, 1.165) is 16.9 Å².